The molecule has 0 spiro atoms. The molecule has 1 aromatic rings. The number of amides is 1. The first kappa shape index (κ1) is 6.82. The average Bonchev–Trinajstić information content (AvgIpc) is 2.40. The van der Waals surface area contributed by atoms with Gasteiger partial charge in [-0.25, -0.2) is 5.84 Å². The monoisotopic (exact) mass is 139 g/mol. The molecule has 1 heterocycles. The first-order chi connectivity index (χ1) is 4.83. The van der Waals surface area contributed by atoms with Crippen LogP contribution in [0.3, 0.4) is 0 Å². The quantitative estimate of drug-likeness (QED) is 0.295. The van der Waals surface area contributed by atoms with Gasteiger partial charge >= 0.3 is 0 Å². The van der Waals surface area contributed by atoms with Gasteiger partial charge in [0.25, 0.3) is 0 Å². The smallest absolute Gasteiger partial charge is 0.238 e. The van der Waals surface area contributed by atoms with Crippen molar-refractivity contribution in [3.63, 3.8) is 0 Å². The summed E-state index contributed by atoms with van der Waals surface area (Å²) in [6.45, 7) is 0. The molecular formula is C6H9N3O. The summed E-state index contributed by atoms with van der Waals surface area (Å²) in [6, 6.07) is 1.83. The van der Waals surface area contributed by atoms with E-state index in [0.29, 0.717) is 6.42 Å². The number of aromatic nitrogens is 1. The Kier molecular flexibility index (Phi) is 2.07. The number of carbonyl (C=O) groups excluding carboxylic acids is 1. The molecule has 0 aliphatic carbocycles. The van der Waals surface area contributed by atoms with E-state index in [9.17, 15) is 4.79 Å². The van der Waals surface area contributed by atoms with Crippen LogP contribution in [0.1, 0.15) is 5.56 Å². The highest BCUT2D eigenvalue weighted by Crippen LogP contribution is 1.96. The summed E-state index contributed by atoms with van der Waals surface area (Å²) in [5.74, 6) is 4.70. The van der Waals surface area contributed by atoms with Gasteiger partial charge < -0.3 is 4.98 Å². The van der Waals surface area contributed by atoms with Crippen LogP contribution >= 0.6 is 0 Å². The van der Waals surface area contributed by atoms with Crippen LogP contribution in [0.5, 0.6) is 0 Å². The number of nitrogens with one attached hydrogen (secondary N) is 2. The molecule has 0 radical (unpaired) electrons. The second kappa shape index (κ2) is 3.03. The van der Waals surface area contributed by atoms with Crippen LogP contribution in [0.15, 0.2) is 18.5 Å². The van der Waals surface area contributed by atoms with E-state index in [-0.39, 0.29) is 5.91 Å². The first-order valence-electron chi connectivity index (χ1n) is 2.94. The summed E-state index contributed by atoms with van der Waals surface area (Å²) in [7, 11) is 0. The van der Waals surface area contributed by atoms with Gasteiger partial charge in [-0.15, -0.1) is 0 Å². The number of hydrazine groups is 1. The maximum atomic E-state index is 10.6. The van der Waals surface area contributed by atoms with E-state index >= 15 is 0 Å². The van der Waals surface area contributed by atoms with Crippen molar-refractivity contribution in [1.29, 1.82) is 0 Å². The number of hydrogen-bond acceptors (Lipinski definition) is 2. The van der Waals surface area contributed by atoms with Gasteiger partial charge in [-0.2, -0.15) is 0 Å². The third-order valence-electron chi connectivity index (χ3n) is 1.19. The molecule has 10 heavy (non-hydrogen) atoms. The highest BCUT2D eigenvalue weighted by atomic mass is 16.2. The molecule has 0 unspecified atom stereocenters. The van der Waals surface area contributed by atoms with Crippen molar-refractivity contribution in [2.24, 2.45) is 5.84 Å². The number of rotatable bonds is 2. The van der Waals surface area contributed by atoms with Crippen molar-refractivity contribution in [3.8, 4) is 0 Å². The molecule has 4 nitrogen and oxygen atoms in total. The zero-order valence-electron chi connectivity index (χ0n) is 5.42. The van der Waals surface area contributed by atoms with Crippen molar-refractivity contribution < 1.29 is 4.79 Å². The maximum absolute atomic E-state index is 10.6. The molecule has 1 rings (SSSR count). The lowest BCUT2D eigenvalue weighted by molar-refractivity contribution is -0.120. The molecule has 4 heteroatoms. The molecule has 0 saturated heterocycles. The summed E-state index contributed by atoms with van der Waals surface area (Å²) >= 11 is 0. The number of nitrogens with two attached hydrogens (primary N) is 1. The minimum absolute atomic E-state index is 0.181. The van der Waals surface area contributed by atoms with Crippen LogP contribution in [0.2, 0.25) is 0 Å². The highest BCUT2D eigenvalue weighted by molar-refractivity contribution is 5.77. The van der Waals surface area contributed by atoms with Gasteiger partial charge in [0.15, 0.2) is 0 Å². The zero-order chi connectivity index (χ0) is 7.40. The maximum Gasteiger partial charge on any atom is 0.238 e. The van der Waals surface area contributed by atoms with E-state index in [4.69, 9.17) is 5.84 Å². The van der Waals surface area contributed by atoms with Gasteiger partial charge in [0.05, 0.1) is 6.42 Å². The molecule has 0 aliphatic rings. The van der Waals surface area contributed by atoms with Gasteiger partial charge in [0.1, 0.15) is 0 Å². The molecule has 1 aromatic heterocycles. The Labute approximate surface area is 58.4 Å². The Morgan fingerprint density at radius 1 is 1.80 bits per heavy atom. The second-order valence-electron chi connectivity index (χ2n) is 1.96. The van der Waals surface area contributed by atoms with Crippen molar-refractivity contribution in [2.75, 3.05) is 0 Å². The fraction of sp³-hybridized carbons (Fsp3) is 0.167. The van der Waals surface area contributed by atoms with Gasteiger partial charge in [0.2, 0.25) is 5.91 Å². The number of H-pyrrole nitrogens is 1. The standard InChI is InChI=1S/C6H9N3O/c7-9-6(10)3-5-1-2-8-4-5/h1-2,4,8H,3,7H2,(H,9,10). The summed E-state index contributed by atoms with van der Waals surface area (Å²) in [5.41, 5.74) is 2.98. The largest absolute Gasteiger partial charge is 0.367 e. The van der Waals surface area contributed by atoms with Gasteiger partial charge in [-0.1, -0.05) is 0 Å². The second-order valence-corrected chi connectivity index (χ2v) is 1.96. The van der Waals surface area contributed by atoms with E-state index < -0.39 is 0 Å². The fourth-order valence-electron chi connectivity index (χ4n) is 0.705. The van der Waals surface area contributed by atoms with Crippen LogP contribution in [0.25, 0.3) is 0 Å². The van der Waals surface area contributed by atoms with Crippen LogP contribution in [0.4, 0.5) is 0 Å². The Hall–Kier alpha value is -1.29. The van der Waals surface area contributed by atoms with E-state index in [1.807, 2.05) is 6.07 Å². The normalized spacial score (nSPS) is 9.30. The molecule has 0 saturated carbocycles. The molecular weight excluding hydrogens is 130 g/mol. The lowest BCUT2D eigenvalue weighted by Gasteiger charge is -1.93. The lowest BCUT2D eigenvalue weighted by atomic mass is 10.2. The SMILES string of the molecule is NNC(=O)Cc1cc[nH]c1. The number of aromatic amines is 1. The minimum atomic E-state index is -0.181. The van der Waals surface area contributed by atoms with Crippen molar-refractivity contribution >= 4 is 5.91 Å². The number of carbonyl (C=O) groups is 1. The van der Waals surface area contributed by atoms with Crippen molar-refractivity contribution in [1.82, 2.24) is 10.4 Å². The van der Waals surface area contributed by atoms with Crippen LogP contribution in [-0.2, 0) is 11.2 Å². The Balaban J connectivity index is 2.48. The summed E-state index contributed by atoms with van der Waals surface area (Å²) in [5, 5.41) is 0. The Morgan fingerprint density at radius 2 is 2.60 bits per heavy atom. The zero-order valence-corrected chi connectivity index (χ0v) is 5.42. The van der Waals surface area contributed by atoms with E-state index in [0.717, 1.165) is 5.56 Å². The third kappa shape index (κ3) is 1.60. The van der Waals surface area contributed by atoms with E-state index in [1.54, 1.807) is 12.4 Å². The molecule has 0 aliphatic heterocycles. The van der Waals surface area contributed by atoms with Crippen molar-refractivity contribution in [2.45, 2.75) is 6.42 Å². The summed E-state index contributed by atoms with van der Waals surface area (Å²) in [6.07, 6.45) is 3.86. The molecule has 0 atom stereocenters. The van der Waals surface area contributed by atoms with Crippen LogP contribution in [-0.4, -0.2) is 10.9 Å². The van der Waals surface area contributed by atoms with Crippen molar-refractivity contribution in [3.05, 3.63) is 24.0 Å². The summed E-state index contributed by atoms with van der Waals surface area (Å²) in [4.78, 5) is 13.5. The van der Waals surface area contributed by atoms with E-state index in [2.05, 4.69) is 10.4 Å². The molecule has 54 valence electrons. The predicted octanol–water partition coefficient (Wildman–Crippen LogP) is -0.453. The first-order valence-corrected chi connectivity index (χ1v) is 2.94. The van der Waals surface area contributed by atoms with Gasteiger partial charge in [0, 0.05) is 12.4 Å². The molecule has 0 aromatic carbocycles. The Morgan fingerprint density at radius 3 is 3.10 bits per heavy atom. The van der Waals surface area contributed by atoms with Gasteiger partial charge in [-0.3, -0.25) is 10.2 Å². The predicted molar refractivity (Wildman–Crippen MR) is 36.8 cm³/mol. The minimum Gasteiger partial charge on any atom is -0.367 e. The fourth-order valence-corrected chi connectivity index (χ4v) is 0.705. The average molecular weight is 139 g/mol. The topological polar surface area (TPSA) is 70.9 Å². The molecule has 0 bridgehead atoms. The van der Waals surface area contributed by atoms with Crippen LogP contribution < -0.4 is 11.3 Å². The highest BCUT2D eigenvalue weighted by Gasteiger charge is 1.99. The van der Waals surface area contributed by atoms with E-state index in [1.165, 1.54) is 0 Å². The lowest BCUT2D eigenvalue weighted by Crippen LogP contribution is -2.31. The van der Waals surface area contributed by atoms with Crippen LogP contribution in [0, 0.1) is 0 Å². The van der Waals surface area contributed by atoms with Gasteiger partial charge in [-0.05, 0) is 11.6 Å². The third-order valence-corrected chi connectivity index (χ3v) is 1.19. The molecule has 1 amide bonds. The molecule has 4 N–H and O–H groups in total. The summed E-state index contributed by atoms with van der Waals surface area (Å²) < 4.78 is 0. The molecule has 0 fully saturated rings. The number of hydrogen-bond donors (Lipinski definition) is 3. The Bertz CT molecular complexity index is 205.